The van der Waals surface area contributed by atoms with E-state index in [2.05, 4.69) is 9.97 Å². The van der Waals surface area contributed by atoms with Crippen molar-refractivity contribution in [2.24, 2.45) is 13.0 Å². The van der Waals surface area contributed by atoms with Gasteiger partial charge in [-0.15, -0.1) is 0 Å². The summed E-state index contributed by atoms with van der Waals surface area (Å²) in [5, 5.41) is 0.975. The zero-order valence-corrected chi connectivity index (χ0v) is 14.1. The number of halogens is 1. The third-order valence-electron chi connectivity index (χ3n) is 4.45. The highest BCUT2D eigenvalue weighted by Gasteiger charge is 2.23. The maximum Gasteiger partial charge on any atom is 0.258 e. The number of ether oxygens (including phenoxy) is 1. The molecule has 1 saturated carbocycles. The summed E-state index contributed by atoms with van der Waals surface area (Å²) in [7, 11) is 1.65. The van der Waals surface area contributed by atoms with Crippen LogP contribution in [0.1, 0.15) is 18.7 Å². The van der Waals surface area contributed by atoms with E-state index >= 15 is 0 Å². The second-order valence-electron chi connectivity index (χ2n) is 6.53. The molecule has 1 aliphatic rings. The fourth-order valence-electron chi connectivity index (χ4n) is 2.88. The van der Waals surface area contributed by atoms with E-state index in [1.807, 2.05) is 0 Å². The predicted octanol–water partition coefficient (Wildman–Crippen LogP) is 3.23. The number of hydrogen-bond acceptors (Lipinski definition) is 4. The van der Waals surface area contributed by atoms with E-state index in [9.17, 15) is 9.18 Å². The van der Waals surface area contributed by atoms with Gasteiger partial charge in [-0.05, 0) is 43.2 Å². The first-order chi connectivity index (χ1) is 12.0. The van der Waals surface area contributed by atoms with Gasteiger partial charge >= 0.3 is 0 Å². The summed E-state index contributed by atoms with van der Waals surface area (Å²) in [5.74, 6) is 1.35. The lowest BCUT2D eigenvalue weighted by molar-refractivity contribution is 0.298. The Kier molecular flexibility index (Phi) is 3.75. The lowest BCUT2D eigenvalue weighted by Crippen LogP contribution is -2.17. The van der Waals surface area contributed by atoms with Crippen LogP contribution in [0.4, 0.5) is 4.39 Å². The van der Waals surface area contributed by atoms with E-state index in [0.29, 0.717) is 40.6 Å². The summed E-state index contributed by atoms with van der Waals surface area (Å²) in [6, 6.07) is 4.23. The van der Waals surface area contributed by atoms with Gasteiger partial charge in [-0.25, -0.2) is 14.4 Å². The number of rotatable bonds is 4. The van der Waals surface area contributed by atoms with Crippen molar-refractivity contribution in [1.29, 1.82) is 0 Å². The fraction of sp³-hybridized carbons (Fsp3) is 0.316. The van der Waals surface area contributed by atoms with Crippen molar-refractivity contribution >= 4 is 10.8 Å². The molecule has 0 spiro atoms. The van der Waals surface area contributed by atoms with Gasteiger partial charge < -0.3 is 9.30 Å². The van der Waals surface area contributed by atoms with Crippen molar-refractivity contribution in [3.63, 3.8) is 0 Å². The van der Waals surface area contributed by atoms with Gasteiger partial charge in [0.1, 0.15) is 17.3 Å². The zero-order valence-electron chi connectivity index (χ0n) is 14.1. The molecular formula is C19H18FN3O2. The summed E-state index contributed by atoms with van der Waals surface area (Å²) in [6.07, 6.45) is 5.75. The lowest BCUT2D eigenvalue weighted by atomic mass is 10.0. The van der Waals surface area contributed by atoms with Crippen LogP contribution in [-0.2, 0) is 7.05 Å². The van der Waals surface area contributed by atoms with Crippen LogP contribution < -0.4 is 10.3 Å². The molecule has 128 valence electrons. The first-order valence-corrected chi connectivity index (χ1v) is 8.28. The zero-order chi connectivity index (χ0) is 17.6. The van der Waals surface area contributed by atoms with Crippen molar-refractivity contribution in [3.05, 3.63) is 52.6 Å². The predicted molar refractivity (Wildman–Crippen MR) is 93.1 cm³/mol. The Morgan fingerprint density at radius 2 is 2.12 bits per heavy atom. The van der Waals surface area contributed by atoms with Crippen molar-refractivity contribution in [3.8, 4) is 17.0 Å². The van der Waals surface area contributed by atoms with Crippen LogP contribution in [0.5, 0.6) is 5.75 Å². The van der Waals surface area contributed by atoms with Gasteiger partial charge in [0.25, 0.3) is 5.56 Å². The quantitative estimate of drug-likeness (QED) is 0.732. The van der Waals surface area contributed by atoms with Crippen molar-refractivity contribution in [2.75, 3.05) is 6.61 Å². The Balaban J connectivity index is 1.93. The molecule has 1 aromatic carbocycles. The SMILES string of the molecule is Cc1ncc(OCC2CC2)c(-c2cn(C)c(=O)c3cc(F)ccc23)n1. The highest BCUT2D eigenvalue weighted by atomic mass is 19.1. The molecule has 2 heterocycles. The molecule has 2 aromatic heterocycles. The number of pyridine rings is 1. The smallest absolute Gasteiger partial charge is 0.258 e. The summed E-state index contributed by atoms with van der Waals surface area (Å²) in [5.41, 5.74) is 1.11. The average molecular weight is 339 g/mol. The molecule has 0 aliphatic heterocycles. The molecule has 3 aromatic rings. The standard InChI is InChI=1S/C19H18FN3O2/c1-11-21-8-17(25-10-12-3-4-12)18(22-11)16-9-23(2)19(24)15-7-13(20)5-6-14(15)16/h5-9,12H,3-4,10H2,1-2H3. The Morgan fingerprint density at radius 1 is 1.32 bits per heavy atom. The molecule has 0 N–H and O–H groups in total. The van der Waals surface area contributed by atoms with E-state index in [1.54, 1.807) is 32.4 Å². The van der Waals surface area contributed by atoms with E-state index < -0.39 is 5.82 Å². The fourth-order valence-corrected chi connectivity index (χ4v) is 2.88. The van der Waals surface area contributed by atoms with Crippen LogP contribution in [0.25, 0.3) is 22.0 Å². The number of fused-ring (bicyclic) bond motifs is 1. The largest absolute Gasteiger partial charge is 0.489 e. The van der Waals surface area contributed by atoms with Crippen LogP contribution in [0.2, 0.25) is 0 Å². The molecule has 1 aliphatic carbocycles. The van der Waals surface area contributed by atoms with Gasteiger partial charge in [0.15, 0.2) is 5.75 Å². The van der Waals surface area contributed by atoms with Crippen LogP contribution in [0.15, 0.2) is 35.4 Å². The molecule has 0 unspecified atom stereocenters. The summed E-state index contributed by atoms with van der Waals surface area (Å²) >= 11 is 0. The second-order valence-corrected chi connectivity index (χ2v) is 6.53. The maximum atomic E-state index is 13.6. The van der Waals surface area contributed by atoms with Gasteiger partial charge in [-0.1, -0.05) is 6.07 Å². The maximum absolute atomic E-state index is 13.6. The summed E-state index contributed by atoms with van der Waals surface area (Å²) in [4.78, 5) is 21.1. The average Bonchev–Trinajstić information content (AvgIpc) is 3.41. The summed E-state index contributed by atoms with van der Waals surface area (Å²) in [6.45, 7) is 2.44. The minimum atomic E-state index is -0.439. The van der Waals surface area contributed by atoms with Crippen molar-refractivity contribution in [2.45, 2.75) is 19.8 Å². The highest BCUT2D eigenvalue weighted by Crippen LogP contribution is 2.34. The second kappa shape index (κ2) is 5.95. The first kappa shape index (κ1) is 15.7. The third-order valence-corrected chi connectivity index (χ3v) is 4.45. The Morgan fingerprint density at radius 3 is 2.88 bits per heavy atom. The van der Waals surface area contributed by atoms with Crippen LogP contribution in [0, 0.1) is 18.7 Å². The number of benzene rings is 1. The molecular weight excluding hydrogens is 321 g/mol. The summed E-state index contributed by atoms with van der Waals surface area (Å²) < 4.78 is 21.0. The van der Waals surface area contributed by atoms with E-state index in [4.69, 9.17) is 4.74 Å². The van der Waals surface area contributed by atoms with Gasteiger partial charge in [0.2, 0.25) is 0 Å². The minimum absolute atomic E-state index is 0.246. The van der Waals surface area contributed by atoms with E-state index in [1.165, 1.54) is 29.5 Å². The van der Waals surface area contributed by atoms with Crippen LogP contribution in [0.3, 0.4) is 0 Å². The van der Waals surface area contributed by atoms with Crippen LogP contribution >= 0.6 is 0 Å². The van der Waals surface area contributed by atoms with Gasteiger partial charge in [0.05, 0.1) is 18.2 Å². The number of nitrogens with zero attached hydrogens (tertiary/aromatic N) is 3. The van der Waals surface area contributed by atoms with Gasteiger partial charge in [0, 0.05) is 18.8 Å². The van der Waals surface area contributed by atoms with Crippen LogP contribution in [-0.4, -0.2) is 21.1 Å². The van der Waals surface area contributed by atoms with Crippen molar-refractivity contribution < 1.29 is 9.13 Å². The lowest BCUT2D eigenvalue weighted by Gasteiger charge is -2.14. The third kappa shape index (κ3) is 2.99. The normalized spacial score (nSPS) is 14.0. The number of aromatic nitrogens is 3. The molecule has 0 amide bonds. The van der Waals surface area contributed by atoms with E-state index in [0.717, 1.165) is 5.56 Å². The van der Waals surface area contributed by atoms with Gasteiger partial charge in [-0.2, -0.15) is 0 Å². The topological polar surface area (TPSA) is 57.0 Å². The molecule has 0 saturated heterocycles. The molecule has 6 heteroatoms. The number of aryl methyl sites for hydroxylation is 2. The molecule has 0 atom stereocenters. The first-order valence-electron chi connectivity index (χ1n) is 8.28. The molecule has 0 radical (unpaired) electrons. The molecule has 25 heavy (non-hydrogen) atoms. The monoisotopic (exact) mass is 339 g/mol. The van der Waals surface area contributed by atoms with Crippen molar-refractivity contribution in [1.82, 2.24) is 14.5 Å². The number of hydrogen-bond donors (Lipinski definition) is 0. The molecule has 4 rings (SSSR count). The molecule has 5 nitrogen and oxygen atoms in total. The Hall–Kier alpha value is -2.76. The molecule has 0 bridgehead atoms. The molecule has 1 fully saturated rings. The van der Waals surface area contributed by atoms with Gasteiger partial charge in [-0.3, -0.25) is 4.79 Å². The Labute approximate surface area is 144 Å². The highest BCUT2D eigenvalue weighted by molar-refractivity contribution is 5.96. The Bertz CT molecular complexity index is 1030. The minimum Gasteiger partial charge on any atom is -0.489 e. The van der Waals surface area contributed by atoms with E-state index in [-0.39, 0.29) is 5.56 Å².